The minimum atomic E-state index is -0.292. The number of halogens is 1. The number of likely N-dealkylation sites (tertiary alicyclic amines) is 1. The third-order valence-corrected chi connectivity index (χ3v) is 7.03. The highest BCUT2D eigenvalue weighted by atomic mass is 35.5. The number of fused-ring (bicyclic) bond motifs is 2. The van der Waals surface area contributed by atoms with Gasteiger partial charge in [-0.3, -0.25) is 9.48 Å². The first-order valence-corrected chi connectivity index (χ1v) is 11.1. The summed E-state index contributed by atoms with van der Waals surface area (Å²) in [5.41, 5.74) is 6.49. The van der Waals surface area contributed by atoms with Crippen molar-refractivity contribution in [2.24, 2.45) is 23.5 Å². The average molecular weight is 443 g/mol. The minimum Gasteiger partial charge on any atom is -0.369 e. The second kappa shape index (κ2) is 8.12. The maximum Gasteiger partial charge on any atom is 0.229 e. The first-order chi connectivity index (χ1) is 15.0. The molecule has 2 bridgehead atoms. The first-order valence-electron chi connectivity index (χ1n) is 10.7. The van der Waals surface area contributed by atoms with Crippen LogP contribution < -0.4 is 16.4 Å². The van der Waals surface area contributed by atoms with Crippen LogP contribution in [0.2, 0.25) is 5.02 Å². The molecule has 2 aromatic rings. The fourth-order valence-electron chi connectivity index (χ4n) is 5.08. The van der Waals surface area contributed by atoms with E-state index < -0.39 is 0 Å². The number of nitrogens with two attached hydrogens (primary N) is 1. The zero-order valence-electron chi connectivity index (χ0n) is 17.4. The lowest BCUT2D eigenvalue weighted by molar-refractivity contribution is -0.122. The number of hydrogen-bond acceptors (Lipinski definition) is 7. The van der Waals surface area contributed by atoms with Gasteiger partial charge in [-0.15, -0.1) is 0 Å². The Kier molecular flexibility index (Phi) is 5.31. The van der Waals surface area contributed by atoms with Crippen molar-refractivity contribution in [2.45, 2.75) is 31.3 Å². The van der Waals surface area contributed by atoms with E-state index in [1.165, 1.54) is 0 Å². The largest absolute Gasteiger partial charge is 0.369 e. The number of piperidine rings is 1. The van der Waals surface area contributed by atoms with E-state index in [4.69, 9.17) is 17.3 Å². The molecule has 0 unspecified atom stereocenters. The molecule has 2 fully saturated rings. The van der Waals surface area contributed by atoms with Crippen LogP contribution in [-0.2, 0) is 4.79 Å². The van der Waals surface area contributed by atoms with Crippen LogP contribution in [-0.4, -0.2) is 56.7 Å². The van der Waals surface area contributed by atoms with Gasteiger partial charge >= 0.3 is 0 Å². The number of nitrogens with zero attached hydrogens (tertiary/aromatic N) is 5. The number of rotatable bonds is 6. The van der Waals surface area contributed by atoms with E-state index in [1.807, 2.05) is 10.9 Å². The summed E-state index contributed by atoms with van der Waals surface area (Å²) in [6, 6.07) is 0.298. The van der Waals surface area contributed by atoms with Gasteiger partial charge in [0.25, 0.3) is 0 Å². The molecule has 31 heavy (non-hydrogen) atoms. The number of amides is 1. The van der Waals surface area contributed by atoms with E-state index in [1.54, 1.807) is 12.4 Å². The Hall–Kier alpha value is -2.65. The third kappa shape index (κ3) is 3.99. The number of aromatic nitrogens is 4. The number of carbonyl (C=O) groups excluding carboxylic acids is 1. The topological polar surface area (TPSA) is 114 Å². The van der Waals surface area contributed by atoms with Crippen molar-refractivity contribution in [3.63, 3.8) is 0 Å². The molecule has 0 aromatic carbocycles. The van der Waals surface area contributed by atoms with Crippen molar-refractivity contribution in [3.05, 3.63) is 35.8 Å². The van der Waals surface area contributed by atoms with Crippen molar-refractivity contribution in [1.82, 2.24) is 24.6 Å². The number of allylic oxidation sites excluding steroid dienone is 1. The monoisotopic (exact) mass is 442 g/mol. The molecule has 2 aromatic heterocycles. The third-order valence-electron chi connectivity index (χ3n) is 6.76. The molecule has 9 nitrogen and oxygen atoms in total. The zero-order valence-corrected chi connectivity index (χ0v) is 18.2. The average Bonchev–Trinajstić information content (AvgIpc) is 3.47. The Bertz CT molecular complexity index is 999. The summed E-state index contributed by atoms with van der Waals surface area (Å²) in [6.45, 7) is 2.15. The SMILES string of the molecule is CN1CCC(n2cc(Nc3ncc(Cl)c(N[C@H]4[C@@H](C(N)=O)[C@@H]5C=C[C@H]4C5)n3)cn2)CC1. The predicted octanol–water partition coefficient (Wildman–Crippen LogP) is 2.42. The number of anilines is 3. The summed E-state index contributed by atoms with van der Waals surface area (Å²) < 4.78 is 2.02. The van der Waals surface area contributed by atoms with Gasteiger partial charge in [0.1, 0.15) is 5.02 Å². The second-order valence-electron chi connectivity index (χ2n) is 8.81. The molecule has 1 saturated carbocycles. The molecule has 3 aliphatic rings. The van der Waals surface area contributed by atoms with Crippen LogP contribution in [0, 0.1) is 17.8 Å². The number of primary amides is 1. The van der Waals surface area contributed by atoms with Gasteiger partial charge in [-0.05, 0) is 51.2 Å². The molecule has 4 atom stereocenters. The molecule has 1 saturated heterocycles. The Balaban J connectivity index is 1.29. The van der Waals surface area contributed by atoms with Gasteiger partial charge in [0, 0.05) is 12.2 Å². The van der Waals surface area contributed by atoms with Crippen LogP contribution in [0.3, 0.4) is 0 Å². The fraction of sp³-hybridized carbons (Fsp3) is 0.524. The molecule has 5 rings (SSSR count). The number of hydrogen-bond donors (Lipinski definition) is 3. The van der Waals surface area contributed by atoms with Crippen LogP contribution in [0.25, 0.3) is 0 Å². The fourth-order valence-corrected chi connectivity index (χ4v) is 5.23. The van der Waals surface area contributed by atoms with Crippen molar-refractivity contribution >= 4 is 35.0 Å². The van der Waals surface area contributed by atoms with Crippen molar-refractivity contribution < 1.29 is 4.79 Å². The van der Waals surface area contributed by atoms with Crippen LogP contribution in [0.1, 0.15) is 25.3 Å². The molecule has 2 aliphatic carbocycles. The molecule has 1 aliphatic heterocycles. The summed E-state index contributed by atoms with van der Waals surface area (Å²) in [5, 5.41) is 11.5. The standard InChI is InChI=1S/C21H27ClN8O/c1-29-6-4-15(5-7-29)30-11-14(9-25-30)26-21-24-10-16(22)20(28-21)27-18-13-3-2-12(8-13)17(18)19(23)31/h2-3,9-13,15,17-18H,4-8H2,1H3,(H2,23,31)(H2,24,26,27,28)/t12-,13+,17+,18-/m1/s1. The van der Waals surface area contributed by atoms with Gasteiger partial charge in [-0.1, -0.05) is 23.8 Å². The maximum atomic E-state index is 12.0. The lowest BCUT2D eigenvalue weighted by Crippen LogP contribution is -2.41. The second-order valence-corrected chi connectivity index (χ2v) is 9.21. The molecular formula is C21H27ClN8O. The normalized spacial score (nSPS) is 28.2. The van der Waals surface area contributed by atoms with Gasteiger partial charge in [0.2, 0.25) is 11.9 Å². The van der Waals surface area contributed by atoms with Crippen LogP contribution in [0.15, 0.2) is 30.7 Å². The smallest absolute Gasteiger partial charge is 0.229 e. The summed E-state index contributed by atoms with van der Waals surface area (Å²) in [7, 11) is 2.15. The zero-order chi connectivity index (χ0) is 21.5. The van der Waals surface area contributed by atoms with E-state index >= 15 is 0 Å². The molecular weight excluding hydrogens is 416 g/mol. The van der Waals surface area contributed by atoms with Crippen LogP contribution in [0.5, 0.6) is 0 Å². The summed E-state index contributed by atoms with van der Waals surface area (Å²) in [4.78, 5) is 23.2. The van der Waals surface area contributed by atoms with Gasteiger partial charge in [-0.2, -0.15) is 10.1 Å². The summed E-state index contributed by atoms with van der Waals surface area (Å²) in [6.07, 6.45) is 12.7. The molecule has 164 valence electrons. The van der Waals surface area contributed by atoms with Crippen molar-refractivity contribution in [3.8, 4) is 0 Å². The van der Waals surface area contributed by atoms with Gasteiger partial charge in [0.15, 0.2) is 5.82 Å². The molecule has 1 amide bonds. The first kappa shape index (κ1) is 20.3. The Morgan fingerprint density at radius 1 is 1.23 bits per heavy atom. The highest BCUT2D eigenvalue weighted by Crippen LogP contribution is 2.45. The Labute approximate surface area is 186 Å². The molecule has 4 N–H and O–H groups in total. The number of carbonyl (C=O) groups is 1. The van der Waals surface area contributed by atoms with E-state index in [0.29, 0.717) is 22.8 Å². The van der Waals surface area contributed by atoms with Crippen LogP contribution >= 0.6 is 11.6 Å². The van der Waals surface area contributed by atoms with E-state index in [-0.39, 0.29) is 29.7 Å². The quantitative estimate of drug-likeness (QED) is 0.588. The van der Waals surface area contributed by atoms with E-state index in [0.717, 1.165) is 38.0 Å². The van der Waals surface area contributed by atoms with Gasteiger partial charge in [0.05, 0.1) is 30.0 Å². The predicted molar refractivity (Wildman–Crippen MR) is 119 cm³/mol. The van der Waals surface area contributed by atoms with E-state index in [9.17, 15) is 4.79 Å². The maximum absolute atomic E-state index is 12.0. The van der Waals surface area contributed by atoms with Gasteiger partial charge < -0.3 is 21.3 Å². The van der Waals surface area contributed by atoms with Crippen molar-refractivity contribution in [1.29, 1.82) is 0 Å². The van der Waals surface area contributed by atoms with Crippen molar-refractivity contribution in [2.75, 3.05) is 30.8 Å². The summed E-state index contributed by atoms with van der Waals surface area (Å²) in [5.74, 6) is 0.800. The van der Waals surface area contributed by atoms with Gasteiger partial charge in [-0.25, -0.2) is 4.98 Å². The molecule has 0 spiro atoms. The van der Waals surface area contributed by atoms with E-state index in [2.05, 4.69) is 49.8 Å². The lowest BCUT2D eigenvalue weighted by Gasteiger charge is -2.28. The molecule has 0 radical (unpaired) electrons. The minimum absolute atomic E-state index is 0.111. The highest BCUT2D eigenvalue weighted by molar-refractivity contribution is 6.32. The molecule has 10 heteroatoms. The van der Waals surface area contributed by atoms with Crippen LogP contribution in [0.4, 0.5) is 17.5 Å². The Morgan fingerprint density at radius 3 is 2.77 bits per heavy atom. The molecule has 3 heterocycles. The highest BCUT2D eigenvalue weighted by Gasteiger charge is 2.47. The Morgan fingerprint density at radius 2 is 2.00 bits per heavy atom. The summed E-state index contributed by atoms with van der Waals surface area (Å²) >= 11 is 6.35. The lowest BCUT2D eigenvalue weighted by atomic mass is 9.88. The number of nitrogens with one attached hydrogen (secondary N) is 2.